The Balaban J connectivity index is 2.08. The molecular weight excluding hydrogens is 352 g/mol. The molecule has 0 aliphatic heterocycles. The Morgan fingerprint density at radius 3 is 2.88 bits per heavy atom. The van der Waals surface area contributed by atoms with E-state index in [0.717, 1.165) is 30.5 Å². The topological polar surface area (TPSA) is 71.3 Å². The van der Waals surface area contributed by atoms with Crippen molar-refractivity contribution in [1.29, 1.82) is 0 Å². The summed E-state index contributed by atoms with van der Waals surface area (Å²) in [6, 6.07) is 6.69. The lowest BCUT2D eigenvalue weighted by atomic mass is 9.86. The minimum absolute atomic E-state index is 0.177. The van der Waals surface area contributed by atoms with E-state index in [-0.39, 0.29) is 11.3 Å². The Morgan fingerprint density at radius 1 is 1.42 bits per heavy atom. The van der Waals surface area contributed by atoms with Crippen LogP contribution in [-0.2, 0) is 19.4 Å². The van der Waals surface area contributed by atoms with Gasteiger partial charge < -0.3 is 15.0 Å². The van der Waals surface area contributed by atoms with Crippen LogP contribution in [0.5, 0.6) is 5.75 Å². The number of nitrogens with one attached hydrogen (secondary N) is 1. The summed E-state index contributed by atoms with van der Waals surface area (Å²) in [7, 11) is 0. The Bertz CT molecular complexity index is 905. The maximum absolute atomic E-state index is 12.9. The molecule has 2 aromatic rings. The van der Waals surface area contributed by atoms with Crippen molar-refractivity contribution in [1.82, 2.24) is 4.57 Å². The molecule has 0 spiro atoms. The summed E-state index contributed by atoms with van der Waals surface area (Å²) < 4.78 is 1.66. The van der Waals surface area contributed by atoms with E-state index < -0.39 is 11.5 Å². The average Bonchev–Trinajstić information content (AvgIpc) is 2.59. The third-order valence-corrected chi connectivity index (χ3v) is 5.07. The highest BCUT2D eigenvalue weighted by atomic mass is 35.5. The Morgan fingerprint density at radius 2 is 2.19 bits per heavy atom. The lowest BCUT2D eigenvalue weighted by Gasteiger charge is -2.26. The predicted molar refractivity (Wildman–Crippen MR) is 103 cm³/mol. The second-order valence-electron chi connectivity index (χ2n) is 6.92. The number of rotatable bonds is 4. The summed E-state index contributed by atoms with van der Waals surface area (Å²) in [4.78, 5) is 25.7. The van der Waals surface area contributed by atoms with Gasteiger partial charge in [-0.25, -0.2) is 0 Å². The second-order valence-corrected chi connectivity index (χ2v) is 7.35. The molecule has 2 N–H and O–H groups in total. The molecule has 1 aromatic carbocycles. The van der Waals surface area contributed by atoms with Gasteiger partial charge in [0.15, 0.2) is 0 Å². The van der Waals surface area contributed by atoms with Crippen LogP contribution in [0.2, 0.25) is 5.02 Å². The van der Waals surface area contributed by atoms with Gasteiger partial charge in [-0.1, -0.05) is 31.5 Å². The van der Waals surface area contributed by atoms with E-state index in [9.17, 15) is 14.7 Å². The van der Waals surface area contributed by atoms with Gasteiger partial charge in [0.2, 0.25) is 0 Å². The molecule has 1 aliphatic carbocycles. The lowest BCUT2D eigenvalue weighted by molar-refractivity contribution is 0.102. The predicted octanol–water partition coefficient (Wildman–Crippen LogP) is 3.99. The van der Waals surface area contributed by atoms with Gasteiger partial charge in [-0.05, 0) is 49.8 Å². The van der Waals surface area contributed by atoms with Crippen molar-refractivity contribution in [3.05, 3.63) is 56.5 Å². The molecule has 0 radical (unpaired) electrons. The molecule has 5 nitrogen and oxygen atoms in total. The fourth-order valence-electron chi connectivity index (χ4n) is 3.57. The number of carbonyl (C=O) groups excluding carboxylic acids is 1. The summed E-state index contributed by atoms with van der Waals surface area (Å²) in [5.41, 5.74) is 1.46. The first-order valence-electron chi connectivity index (χ1n) is 8.96. The largest absolute Gasteiger partial charge is 0.507 e. The lowest BCUT2D eigenvalue weighted by Crippen LogP contribution is -2.34. The third-order valence-electron chi connectivity index (χ3n) is 4.84. The average molecular weight is 375 g/mol. The van der Waals surface area contributed by atoms with Gasteiger partial charge in [0.25, 0.3) is 11.5 Å². The first-order valence-corrected chi connectivity index (χ1v) is 9.34. The van der Waals surface area contributed by atoms with Crippen LogP contribution in [0.1, 0.15) is 48.3 Å². The number of amides is 1. The molecule has 0 fully saturated rings. The number of aromatic nitrogens is 1. The van der Waals surface area contributed by atoms with Crippen molar-refractivity contribution in [3.63, 3.8) is 0 Å². The van der Waals surface area contributed by atoms with Gasteiger partial charge in [0, 0.05) is 28.5 Å². The van der Waals surface area contributed by atoms with Gasteiger partial charge in [0.1, 0.15) is 11.3 Å². The van der Waals surface area contributed by atoms with Crippen molar-refractivity contribution in [2.45, 2.75) is 46.1 Å². The van der Waals surface area contributed by atoms with Crippen LogP contribution >= 0.6 is 11.6 Å². The molecule has 1 aromatic heterocycles. The number of hydrogen-bond acceptors (Lipinski definition) is 3. The Labute approximate surface area is 157 Å². The summed E-state index contributed by atoms with van der Waals surface area (Å²) >= 11 is 5.95. The summed E-state index contributed by atoms with van der Waals surface area (Å²) in [5.74, 6) is -0.381. The number of benzene rings is 1. The molecule has 0 bridgehead atoms. The van der Waals surface area contributed by atoms with Gasteiger partial charge in [0.05, 0.1) is 0 Å². The second kappa shape index (κ2) is 7.54. The molecule has 0 saturated carbocycles. The van der Waals surface area contributed by atoms with E-state index in [1.807, 2.05) is 6.92 Å². The van der Waals surface area contributed by atoms with Gasteiger partial charge >= 0.3 is 0 Å². The van der Waals surface area contributed by atoms with Crippen LogP contribution in [0.15, 0.2) is 29.1 Å². The van der Waals surface area contributed by atoms with Crippen LogP contribution < -0.4 is 10.9 Å². The number of nitrogens with zero attached hydrogens (tertiary/aromatic N) is 1. The number of hydrogen-bond donors (Lipinski definition) is 2. The number of carbonyl (C=O) groups is 1. The van der Waals surface area contributed by atoms with Crippen molar-refractivity contribution >= 4 is 23.2 Å². The first kappa shape index (κ1) is 18.5. The quantitative estimate of drug-likeness (QED) is 0.849. The van der Waals surface area contributed by atoms with E-state index >= 15 is 0 Å². The van der Waals surface area contributed by atoms with Crippen molar-refractivity contribution < 1.29 is 9.90 Å². The first-order chi connectivity index (χ1) is 12.4. The number of anilines is 1. The maximum atomic E-state index is 12.9. The fourth-order valence-corrected chi connectivity index (χ4v) is 3.76. The molecule has 1 atom stereocenters. The minimum Gasteiger partial charge on any atom is -0.507 e. The number of halogens is 1. The zero-order valence-electron chi connectivity index (χ0n) is 15.0. The van der Waals surface area contributed by atoms with Gasteiger partial charge in [-0.2, -0.15) is 0 Å². The summed E-state index contributed by atoms with van der Waals surface area (Å²) in [6.07, 6.45) is 3.17. The smallest absolute Gasteiger partial charge is 0.267 e. The molecule has 6 heteroatoms. The molecule has 0 saturated heterocycles. The van der Waals surface area contributed by atoms with Crippen molar-refractivity contribution in [3.8, 4) is 5.75 Å². The highest BCUT2D eigenvalue weighted by molar-refractivity contribution is 6.31. The van der Waals surface area contributed by atoms with E-state index in [1.54, 1.807) is 28.8 Å². The fraction of sp³-hybridized carbons (Fsp3) is 0.400. The Kier molecular flexibility index (Phi) is 5.37. The van der Waals surface area contributed by atoms with Crippen LogP contribution in [-0.4, -0.2) is 15.6 Å². The molecule has 1 amide bonds. The maximum Gasteiger partial charge on any atom is 0.267 e. The van der Waals surface area contributed by atoms with Crippen LogP contribution in [0.25, 0.3) is 0 Å². The number of pyridine rings is 1. The van der Waals surface area contributed by atoms with Crippen LogP contribution in [0.3, 0.4) is 0 Å². The van der Waals surface area contributed by atoms with E-state index in [0.29, 0.717) is 29.6 Å². The van der Waals surface area contributed by atoms with E-state index in [2.05, 4.69) is 12.2 Å². The molecule has 1 aliphatic rings. The molecule has 26 heavy (non-hydrogen) atoms. The normalized spacial score (nSPS) is 16.2. The van der Waals surface area contributed by atoms with Crippen molar-refractivity contribution in [2.24, 2.45) is 5.92 Å². The SMILES string of the molecule is CCCn1c2c(c(O)c(C(=O)Nc3cccc(Cl)c3)c1=O)CC(C)CC2. The van der Waals surface area contributed by atoms with Crippen LogP contribution in [0, 0.1) is 5.92 Å². The zero-order chi connectivity index (χ0) is 18.8. The molecular formula is C20H23ClN2O3. The number of fused-ring (bicyclic) bond motifs is 1. The monoisotopic (exact) mass is 374 g/mol. The highest BCUT2D eigenvalue weighted by Gasteiger charge is 2.28. The minimum atomic E-state index is -0.611. The molecule has 3 rings (SSSR count). The van der Waals surface area contributed by atoms with Crippen molar-refractivity contribution in [2.75, 3.05) is 5.32 Å². The molecule has 1 unspecified atom stereocenters. The van der Waals surface area contributed by atoms with Gasteiger partial charge in [-0.15, -0.1) is 0 Å². The Hall–Kier alpha value is -2.27. The number of aromatic hydroxyl groups is 1. The molecule has 138 valence electrons. The van der Waals surface area contributed by atoms with E-state index in [4.69, 9.17) is 11.6 Å². The third kappa shape index (κ3) is 3.49. The summed E-state index contributed by atoms with van der Waals surface area (Å²) in [6.45, 7) is 4.64. The van der Waals surface area contributed by atoms with Gasteiger partial charge in [-0.3, -0.25) is 9.59 Å². The van der Waals surface area contributed by atoms with Crippen LogP contribution in [0.4, 0.5) is 5.69 Å². The summed E-state index contributed by atoms with van der Waals surface area (Å²) in [5, 5.41) is 13.9. The standard InChI is InChI=1S/C20H23ClN2O3/c1-3-9-23-16-8-7-12(2)10-15(16)18(24)17(20(23)26)19(25)22-14-6-4-5-13(21)11-14/h4-6,11-12,24H,3,7-10H2,1-2H3,(H,22,25). The highest BCUT2D eigenvalue weighted by Crippen LogP contribution is 2.33. The van der Waals surface area contributed by atoms with E-state index in [1.165, 1.54) is 0 Å². The zero-order valence-corrected chi connectivity index (χ0v) is 15.8. The molecule has 1 heterocycles.